The Balaban J connectivity index is 2.09. The minimum atomic E-state index is 0.576. The van der Waals surface area contributed by atoms with Crippen LogP contribution in [0.4, 0.5) is 0 Å². The normalized spacial score (nSPS) is 12.1. The minimum Gasteiger partial charge on any atom is -0.253 e. The van der Waals surface area contributed by atoms with Crippen LogP contribution in [0.25, 0.3) is 11.3 Å². The molecule has 0 amide bonds. The molecule has 0 spiro atoms. The molecular weight excluding hydrogens is 390 g/mol. The van der Waals surface area contributed by atoms with E-state index in [-0.39, 0.29) is 0 Å². The third kappa shape index (κ3) is 3.96. The summed E-state index contributed by atoms with van der Waals surface area (Å²) in [4.78, 5) is 6.50. The molecule has 2 aromatic heterocycles. The van der Waals surface area contributed by atoms with E-state index in [9.17, 15) is 0 Å². The fraction of sp³-hybridized carbons (Fsp3) is 0.0588. The SMILES string of the molecule is C=CCN=c1scc(-c2cccc(Br)c2)n1/N=C\c1cccs1. The Kier molecular flexibility index (Phi) is 5.38. The number of halogens is 1. The zero-order valence-electron chi connectivity index (χ0n) is 12.2. The second-order valence-electron chi connectivity index (χ2n) is 4.62. The lowest BCUT2D eigenvalue weighted by molar-refractivity contribution is 0.840. The molecule has 0 saturated carbocycles. The molecule has 0 aliphatic carbocycles. The van der Waals surface area contributed by atoms with Crippen molar-refractivity contribution >= 4 is 44.8 Å². The van der Waals surface area contributed by atoms with Crippen LogP contribution in [0.1, 0.15) is 4.88 Å². The summed E-state index contributed by atoms with van der Waals surface area (Å²) in [6.07, 6.45) is 3.65. The van der Waals surface area contributed by atoms with Gasteiger partial charge in [0.05, 0.1) is 18.5 Å². The van der Waals surface area contributed by atoms with Crippen molar-refractivity contribution in [1.29, 1.82) is 0 Å². The van der Waals surface area contributed by atoms with E-state index in [2.05, 4.69) is 50.1 Å². The van der Waals surface area contributed by atoms with Crippen molar-refractivity contribution in [3.05, 3.63) is 74.0 Å². The summed E-state index contributed by atoms with van der Waals surface area (Å²) in [6.45, 7) is 4.30. The Morgan fingerprint density at radius 1 is 1.22 bits per heavy atom. The predicted octanol–water partition coefficient (Wildman–Crippen LogP) is 5.01. The summed E-state index contributed by atoms with van der Waals surface area (Å²) in [5.41, 5.74) is 2.12. The van der Waals surface area contributed by atoms with Crippen LogP contribution in [0.3, 0.4) is 0 Å². The summed E-state index contributed by atoms with van der Waals surface area (Å²) in [6, 6.07) is 12.2. The minimum absolute atomic E-state index is 0.576. The number of rotatable bonds is 5. The van der Waals surface area contributed by atoms with Crippen LogP contribution in [-0.2, 0) is 0 Å². The molecule has 0 saturated heterocycles. The Labute approximate surface area is 151 Å². The van der Waals surface area contributed by atoms with Crippen LogP contribution < -0.4 is 4.80 Å². The zero-order chi connectivity index (χ0) is 16.1. The van der Waals surface area contributed by atoms with Crippen molar-refractivity contribution in [1.82, 2.24) is 4.68 Å². The largest absolute Gasteiger partial charge is 0.253 e. The van der Waals surface area contributed by atoms with Gasteiger partial charge in [0.15, 0.2) is 0 Å². The van der Waals surface area contributed by atoms with Crippen LogP contribution in [0, 0.1) is 0 Å². The number of benzene rings is 1. The monoisotopic (exact) mass is 403 g/mol. The summed E-state index contributed by atoms with van der Waals surface area (Å²) < 4.78 is 2.93. The fourth-order valence-corrected chi connectivity index (χ4v) is 3.81. The van der Waals surface area contributed by atoms with Gasteiger partial charge >= 0.3 is 0 Å². The van der Waals surface area contributed by atoms with Crippen LogP contribution >= 0.6 is 38.6 Å². The van der Waals surface area contributed by atoms with Crippen LogP contribution in [0.2, 0.25) is 0 Å². The van der Waals surface area contributed by atoms with Gasteiger partial charge in [0.25, 0.3) is 0 Å². The first kappa shape index (κ1) is 16.1. The lowest BCUT2D eigenvalue weighted by Gasteiger charge is -2.03. The fourth-order valence-electron chi connectivity index (χ4n) is 1.99. The zero-order valence-corrected chi connectivity index (χ0v) is 15.4. The number of hydrogen-bond donors (Lipinski definition) is 0. The van der Waals surface area contributed by atoms with Gasteiger partial charge in [0.1, 0.15) is 0 Å². The topological polar surface area (TPSA) is 29.6 Å². The molecule has 0 atom stereocenters. The van der Waals surface area contributed by atoms with Crippen LogP contribution in [-0.4, -0.2) is 17.4 Å². The molecule has 0 aliphatic heterocycles. The predicted molar refractivity (Wildman–Crippen MR) is 103 cm³/mol. The van der Waals surface area contributed by atoms with Gasteiger partial charge in [0.2, 0.25) is 4.80 Å². The van der Waals surface area contributed by atoms with Crippen LogP contribution in [0.5, 0.6) is 0 Å². The first-order valence-electron chi connectivity index (χ1n) is 6.93. The number of hydrogen-bond acceptors (Lipinski definition) is 4. The van der Waals surface area contributed by atoms with Gasteiger partial charge in [-0.1, -0.05) is 40.2 Å². The average Bonchev–Trinajstić information content (AvgIpc) is 3.20. The second-order valence-corrected chi connectivity index (χ2v) is 7.35. The molecule has 3 rings (SSSR count). The molecule has 0 radical (unpaired) electrons. The van der Waals surface area contributed by atoms with E-state index in [4.69, 9.17) is 0 Å². The number of nitrogens with zero attached hydrogens (tertiary/aromatic N) is 3. The van der Waals surface area contributed by atoms with E-state index in [1.54, 1.807) is 28.7 Å². The van der Waals surface area contributed by atoms with Crippen LogP contribution in [0.15, 0.2) is 74.4 Å². The molecular formula is C17H14BrN3S2. The van der Waals surface area contributed by atoms with Gasteiger partial charge in [-0.2, -0.15) is 5.10 Å². The first-order valence-corrected chi connectivity index (χ1v) is 9.49. The van der Waals surface area contributed by atoms with Crippen molar-refractivity contribution in [3.8, 4) is 11.3 Å². The number of thiophene rings is 1. The Morgan fingerprint density at radius 3 is 2.87 bits per heavy atom. The molecule has 23 heavy (non-hydrogen) atoms. The first-order chi connectivity index (χ1) is 11.3. The third-order valence-electron chi connectivity index (χ3n) is 3.01. The number of thiazole rings is 1. The maximum absolute atomic E-state index is 4.64. The van der Waals surface area contributed by atoms with Gasteiger partial charge in [-0.25, -0.2) is 4.68 Å². The molecule has 0 bridgehead atoms. The van der Waals surface area contributed by atoms with Gasteiger partial charge in [0, 0.05) is 20.3 Å². The van der Waals surface area contributed by atoms with Gasteiger partial charge in [-0.3, -0.25) is 4.99 Å². The van der Waals surface area contributed by atoms with E-state index in [0.717, 1.165) is 25.4 Å². The van der Waals surface area contributed by atoms with Crippen molar-refractivity contribution in [3.63, 3.8) is 0 Å². The quantitative estimate of drug-likeness (QED) is 0.423. The molecule has 1 aromatic carbocycles. The van der Waals surface area contributed by atoms with E-state index >= 15 is 0 Å². The van der Waals surface area contributed by atoms with Crippen molar-refractivity contribution in [2.75, 3.05) is 6.54 Å². The maximum Gasteiger partial charge on any atom is 0.206 e. The molecule has 6 heteroatoms. The van der Waals surface area contributed by atoms with Crippen molar-refractivity contribution in [2.24, 2.45) is 10.1 Å². The molecule has 2 heterocycles. The molecule has 3 nitrogen and oxygen atoms in total. The average molecular weight is 404 g/mol. The smallest absolute Gasteiger partial charge is 0.206 e. The Morgan fingerprint density at radius 2 is 2.13 bits per heavy atom. The Bertz CT molecular complexity index is 889. The highest BCUT2D eigenvalue weighted by Gasteiger charge is 2.07. The van der Waals surface area contributed by atoms with Crippen molar-refractivity contribution in [2.45, 2.75) is 0 Å². The molecule has 0 fully saturated rings. The van der Waals surface area contributed by atoms with E-state index < -0.39 is 0 Å². The standard InChI is InChI=1S/C17H14BrN3S2/c1-2-8-19-17-21(20-11-15-7-4-9-22-15)16(12-23-17)13-5-3-6-14(18)10-13/h2-7,9-12H,1,8H2/b19-17?,20-11-. The highest BCUT2D eigenvalue weighted by molar-refractivity contribution is 9.10. The van der Waals surface area contributed by atoms with Gasteiger partial charge < -0.3 is 0 Å². The maximum atomic E-state index is 4.64. The summed E-state index contributed by atoms with van der Waals surface area (Å²) in [5.74, 6) is 0. The highest BCUT2D eigenvalue weighted by Crippen LogP contribution is 2.23. The Hall–Kier alpha value is -1.76. The molecule has 0 N–H and O–H groups in total. The van der Waals surface area contributed by atoms with E-state index in [0.29, 0.717) is 6.54 Å². The van der Waals surface area contributed by atoms with E-state index in [1.165, 1.54) is 0 Å². The van der Waals surface area contributed by atoms with Gasteiger partial charge in [-0.05, 0) is 23.6 Å². The molecule has 116 valence electrons. The highest BCUT2D eigenvalue weighted by atomic mass is 79.9. The van der Waals surface area contributed by atoms with E-state index in [1.807, 2.05) is 40.5 Å². The second kappa shape index (κ2) is 7.68. The molecule has 0 unspecified atom stereocenters. The summed E-state index contributed by atoms with van der Waals surface area (Å²) in [5, 5.41) is 8.76. The lowest BCUT2D eigenvalue weighted by Crippen LogP contribution is -2.12. The van der Waals surface area contributed by atoms with Gasteiger partial charge in [-0.15, -0.1) is 29.3 Å². The summed E-state index contributed by atoms with van der Waals surface area (Å²) in [7, 11) is 0. The lowest BCUT2D eigenvalue weighted by atomic mass is 10.2. The molecule has 0 aliphatic rings. The molecule has 3 aromatic rings. The summed E-state index contributed by atoms with van der Waals surface area (Å²) >= 11 is 6.76. The third-order valence-corrected chi connectivity index (χ3v) is 5.16. The number of aromatic nitrogens is 1. The van der Waals surface area contributed by atoms with Crippen molar-refractivity contribution < 1.29 is 0 Å².